The van der Waals surface area contributed by atoms with Gasteiger partial charge in [-0.1, -0.05) is 60.7 Å². The molecule has 2 aromatic rings. The molecule has 0 radical (unpaired) electrons. The van der Waals surface area contributed by atoms with E-state index >= 15 is 0 Å². The summed E-state index contributed by atoms with van der Waals surface area (Å²) in [6, 6.07) is 21.5. The molecule has 0 aliphatic heterocycles. The fraction of sp³-hybridized carbons (Fsp3) is 0.222. The standard InChI is InChI=1S/C18H19N3O/c19-12-7-13-21(15-17-10-5-2-6-11-17)18(22)20-14-16-8-3-1-4-9-16/h1-6,8-11H,7,13-15H2,(H,20,22). The Balaban J connectivity index is 1.95. The lowest BCUT2D eigenvalue weighted by molar-refractivity contribution is 0.196. The topological polar surface area (TPSA) is 56.1 Å². The van der Waals surface area contributed by atoms with E-state index in [0.29, 0.717) is 26.1 Å². The number of carbonyl (C=O) groups is 1. The minimum atomic E-state index is -0.150. The average Bonchev–Trinajstić information content (AvgIpc) is 2.58. The minimum absolute atomic E-state index is 0.150. The summed E-state index contributed by atoms with van der Waals surface area (Å²) in [4.78, 5) is 14.0. The Morgan fingerprint density at radius 3 is 2.18 bits per heavy atom. The van der Waals surface area contributed by atoms with Crippen molar-refractivity contribution in [3.05, 3.63) is 71.8 Å². The van der Waals surface area contributed by atoms with Gasteiger partial charge in [-0.25, -0.2) is 4.79 Å². The number of hydrogen-bond acceptors (Lipinski definition) is 2. The van der Waals surface area contributed by atoms with Gasteiger partial charge in [0.05, 0.1) is 12.5 Å². The van der Waals surface area contributed by atoms with Gasteiger partial charge in [-0.15, -0.1) is 0 Å². The van der Waals surface area contributed by atoms with Crippen LogP contribution in [0.15, 0.2) is 60.7 Å². The molecule has 2 aromatic carbocycles. The van der Waals surface area contributed by atoms with Crippen LogP contribution in [0.25, 0.3) is 0 Å². The van der Waals surface area contributed by atoms with Crippen LogP contribution in [0.4, 0.5) is 4.79 Å². The van der Waals surface area contributed by atoms with Gasteiger partial charge in [0.1, 0.15) is 0 Å². The first-order valence-corrected chi connectivity index (χ1v) is 7.27. The molecule has 0 atom stereocenters. The molecule has 22 heavy (non-hydrogen) atoms. The second kappa shape index (κ2) is 8.48. The van der Waals surface area contributed by atoms with Crippen LogP contribution < -0.4 is 5.32 Å². The van der Waals surface area contributed by atoms with E-state index in [1.807, 2.05) is 60.7 Å². The SMILES string of the molecule is N#CCCN(Cc1ccccc1)C(=O)NCc1ccccc1. The quantitative estimate of drug-likeness (QED) is 0.888. The number of nitrogens with zero attached hydrogens (tertiary/aromatic N) is 2. The third-order valence-corrected chi connectivity index (χ3v) is 3.28. The Hall–Kier alpha value is -2.80. The number of amides is 2. The molecule has 0 aliphatic rings. The highest BCUT2D eigenvalue weighted by Gasteiger charge is 2.13. The van der Waals surface area contributed by atoms with Gasteiger partial charge in [-0.3, -0.25) is 0 Å². The maximum Gasteiger partial charge on any atom is 0.317 e. The molecular formula is C18H19N3O. The summed E-state index contributed by atoms with van der Waals surface area (Å²) in [5, 5.41) is 11.7. The van der Waals surface area contributed by atoms with Gasteiger partial charge in [0.2, 0.25) is 0 Å². The summed E-state index contributed by atoms with van der Waals surface area (Å²) in [6.07, 6.45) is 0.325. The molecular weight excluding hydrogens is 274 g/mol. The van der Waals surface area contributed by atoms with Crippen molar-refractivity contribution in [3.63, 3.8) is 0 Å². The van der Waals surface area contributed by atoms with Gasteiger partial charge < -0.3 is 10.2 Å². The van der Waals surface area contributed by atoms with Crippen LogP contribution in [-0.4, -0.2) is 17.5 Å². The Kier molecular flexibility index (Phi) is 6.01. The maximum atomic E-state index is 12.3. The molecule has 0 aromatic heterocycles. The van der Waals surface area contributed by atoms with Gasteiger partial charge in [-0.2, -0.15) is 5.26 Å². The summed E-state index contributed by atoms with van der Waals surface area (Å²) >= 11 is 0. The van der Waals surface area contributed by atoms with Gasteiger partial charge in [0, 0.05) is 19.6 Å². The first-order chi connectivity index (χ1) is 10.8. The van der Waals surface area contributed by atoms with Crippen molar-refractivity contribution in [3.8, 4) is 6.07 Å². The fourth-order valence-electron chi connectivity index (χ4n) is 2.13. The van der Waals surface area contributed by atoms with Crippen molar-refractivity contribution in [2.24, 2.45) is 0 Å². The van der Waals surface area contributed by atoms with Crippen molar-refractivity contribution < 1.29 is 4.79 Å². The van der Waals surface area contributed by atoms with Crippen LogP contribution in [0, 0.1) is 11.3 Å². The Morgan fingerprint density at radius 2 is 1.59 bits per heavy atom. The highest BCUT2D eigenvalue weighted by molar-refractivity contribution is 5.74. The molecule has 0 saturated heterocycles. The lowest BCUT2D eigenvalue weighted by Crippen LogP contribution is -2.39. The molecule has 4 nitrogen and oxygen atoms in total. The van der Waals surface area contributed by atoms with E-state index in [1.165, 1.54) is 0 Å². The molecule has 0 spiro atoms. The van der Waals surface area contributed by atoms with Crippen LogP contribution >= 0.6 is 0 Å². The van der Waals surface area contributed by atoms with Crippen LogP contribution in [-0.2, 0) is 13.1 Å². The second-order valence-corrected chi connectivity index (χ2v) is 4.96. The molecule has 0 bridgehead atoms. The molecule has 4 heteroatoms. The van der Waals surface area contributed by atoms with Crippen LogP contribution in [0.3, 0.4) is 0 Å². The lowest BCUT2D eigenvalue weighted by Gasteiger charge is -2.22. The van der Waals surface area contributed by atoms with Gasteiger partial charge in [-0.05, 0) is 11.1 Å². The largest absolute Gasteiger partial charge is 0.334 e. The number of rotatable bonds is 6. The summed E-state index contributed by atoms with van der Waals surface area (Å²) in [5.74, 6) is 0. The smallest absolute Gasteiger partial charge is 0.317 e. The number of urea groups is 1. The zero-order valence-electron chi connectivity index (χ0n) is 12.4. The van der Waals surface area contributed by atoms with Gasteiger partial charge >= 0.3 is 6.03 Å². The van der Waals surface area contributed by atoms with E-state index in [-0.39, 0.29) is 6.03 Å². The Labute approximate surface area is 131 Å². The van der Waals surface area contributed by atoms with Crippen molar-refractivity contribution in [1.82, 2.24) is 10.2 Å². The number of nitriles is 1. The molecule has 0 unspecified atom stereocenters. The van der Waals surface area contributed by atoms with Crippen LogP contribution in [0.1, 0.15) is 17.5 Å². The molecule has 0 fully saturated rings. The van der Waals surface area contributed by atoms with Crippen molar-refractivity contribution in [1.29, 1.82) is 5.26 Å². The molecule has 112 valence electrons. The maximum absolute atomic E-state index is 12.3. The number of benzene rings is 2. The normalized spacial score (nSPS) is 9.77. The van der Waals surface area contributed by atoms with E-state index in [2.05, 4.69) is 11.4 Å². The lowest BCUT2D eigenvalue weighted by atomic mass is 10.2. The van der Waals surface area contributed by atoms with Gasteiger partial charge in [0.25, 0.3) is 0 Å². The van der Waals surface area contributed by atoms with E-state index in [9.17, 15) is 4.79 Å². The van der Waals surface area contributed by atoms with E-state index in [0.717, 1.165) is 11.1 Å². The Bertz CT molecular complexity index is 620. The monoisotopic (exact) mass is 293 g/mol. The summed E-state index contributed by atoms with van der Waals surface area (Å²) < 4.78 is 0. The molecule has 2 rings (SSSR count). The van der Waals surface area contributed by atoms with Gasteiger partial charge in [0.15, 0.2) is 0 Å². The van der Waals surface area contributed by atoms with E-state index < -0.39 is 0 Å². The fourth-order valence-corrected chi connectivity index (χ4v) is 2.13. The van der Waals surface area contributed by atoms with E-state index in [1.54, 1.807) is 4.90 Å². The second-order valence-electron chi connectivity index (χ2n) is 4.96. The molecule has 2 amide bonds. The first-order valence-electron chi connectivity index (χ1n) is 7.27. The zero-order chi connectivity index (χ0) is 15.6. The Morgan fingerprint density at radius 1 is 1.00 bits per heavy atom. The third kappa shape index (κ3) is 4.95. The highest BCUT2D eigenvalue weighted by Crippen LogP contribution is 2.06. The van der Waals surface area contributed by atoms with Crippen molar-refractivity contribution in [2.75, 3.05) is 6.54 Å². The van der Waals surface area contributed by atoms with Crippen LogP contribution in [0.5, 0.6) is 0 Å². The minimum Gasteiger partial charge on any atom is -0.334 e. The summed E-state index contributed by atoms with van der Waals surface area (Å²) in [7, 11) is 0. The number of hydrogen-bond donors (Lipinski definition) is 1. The third-order valence-electron chi connectivity index (χ3n) is 3.28. The van der Waals surface area contributed by atoms with Crippen LogP contribution in [0.2, 0.25) is 0 Å². The number of carbonyl (C=O) groups excluding carboxylic acids is 1. The highest BCUT2D eigenvalue weighted by atomic mass is 16.2. The molecule has 0 saturated carbocycles. The van der Waals surface area contributed by atoms with Crippen molar-refractivity contribution >= 4 is 6.03 Å². The average molecular weight is 293 g/mol. The zero-order valence-corrected chi connectivity index (χ0v) is 12.4. The predicted molar refractivity (Wildman–Crippen MR) is 85.8 cm³/mol. The number of nitrogens with one attached hydrogen (secondary N) is 1. The molecule has 1 N–H and O–H groups in total. The predicted octanol–water partition coefficient (Wildman–Crippen LogP) is 3.31. The molecule has 0 heterocycles. The van der Waals surface area contributed by atoms with Crippen molar-refractivity contribution in [2.45, 2.75) is 19.5 Å². The molecule has 0 aliphatic carbocycles. The first kappa shape index (κ1) is 15.6. The summed E-state index contributed by atoms with van der Waals surface area (Å²) in [6.45, 7) is 1.41. The summed E-state index contributed by atoms with van der Waals surface area (Å²) in [5.41, 5.74) is 2.10. The van der Waals surface area contributed by atoms with E-state index in [4.69, 9.17) is 5.26 Å².